The van der Waals surface area contributed by atoms with Gasteiger partial charge in [-0.25, -0.2) is 14.6 Å². The molecule has 1 unspecified atom stereocenters. The first kappa shape index (κ1) is 36.7. The van der Waals surface area contributed by atoms with Gasteiger partial charge in [0, 0.05) is 46.4 Å². The van der Waals surface area contributed by atoms with Crippen LogP contribution in [0.25, 0.3) is 33.2 Å². The lowest BCUT2D eigenvalue weighted by atomic mass is 9.65. The van der Waals surface area contributed by atoms with E-state index in [1.807, 2.05) is 58.0 Å². The summed E-state index contributed by atoms with van der Waals surface area (Å²) in [6, 6.07) is 7.62. The number of fused-ring (bicyclic) bond motifs is 11. The van der Waals surface area contributed by atoms with E-state index in [4.69, 9.17) is 24.2 Å². The summed E-state index contributed by atoms with van der Waals surface area (Å²) in [6.45, 7) is 11.8. The largest absolute Gasteiger partial charge is 0.481 e. The Morgan fingerprint density at radius 2 is 1.45 bits per heavy atom. The Morgan fingerprint density at radius 3 is 2.04 bits per heavy atom. The number of nitrogens with one attached hydrogen (secondary N) is 2. The van der Waals surface area contributed by atoms with Crippen LogP contribution in [0.15, 0.2) is 60.2 Å². The lowest BCUT2D eigenvalue weighted by Crippen LogP contribution is -2.37. The van der Waals surface area contributed by atoms with Crippen molar-refractivity contribution >= 4 is 57.1 Å². The number of allylic oxidation sites excluding steroid dienone is 4. The second-order valence-corrected chi connectivity index (χ2v) is 13.5. The van der Waals surface area contributed by atoms with E-state index in [1.54, 1.807) is 12.2 Å². The SMILES string of the molecule is C=CC1=C(C)c2cc3nc(cc4[nH]c(cc5[nH]c(cc1n2)c(C)c5CCC(=O)O)c(CCC(=O)OC)c4C)[C@]1(C)C(C(=O)OC)=C(C(=O)OC)C=CC31. The second kappa shape index (κ2) is 14.2. The Balaban J connectivity index is 1.79. The number of aryl methyl sites for hydroxylation is 4. The molecule has 3 aromatic heterocycles. The normalized spacial score (nSPS) is 17.8. The lowest BCUT2D eigenvalue weighted by molar-refractivity contribution is -0.140. The average Bonchev–Trinajstić information content (AvgIpc) is 3.79. The fraction of sp³-hybridized carbons (Fsp3) is 0.317. The van der Waals surface area contributed by atoms with E-state index in [-0.39, 0.29) is 36.4 Å². The van der Waals surface area contributed by atoms with Crippen molar-refractivity contribution < 1.29 is 38.5 Å². The molecular formula is C41H42N4O8. The number of carbonyl (C=O) groups excluding carboxylic acids is 3. The molecule has 0 amide bonds. The van der Waals surface area contributed by atoms with E-state index in [1.165, 1.54) is 21.3 Å². The summed E-state index contributed by atoms with van der Waals surface area (Å²) in [5.74, 6) is -3.15. The highest BCUT2D eigenvalue weighted by molar-refractivity contribution is 6.05. The van der Waals surface area contributed by atoms with E-state index in [2.05, 4.69) is 16.5 Å². The van der Waals surface area contributed by atoms with Crippen molar-refractivity contribution in [2.75, 3.05) is 21.3 Å². The van der Waals surface area contributed by atoms with Crippen molar-refractivity contribution in [1.82, 2.24) is 19.9 Å². The van der Waals surface area contributed by atoms with Crippen LogP contribution in [-0.4, -0.2) is 70.2 Å². The van der Waals surface area contributed by atoms with E-state index < -0.39 is 29.2 Å². The second-order valence-electron chi connectivity index (χ2n) is 13.5. The average molecular weight is 719 g/mol. The number of rotatable bonds is 9. The Morgan fingerprint density at radius 1 is 0.830 bits per heavy atom. The van der Waals surface area contributed by atoms with Crippen LogP contribution < -0.4 is 0 Å². The first-order chi connectivity index (χ1) is 25.3. The van der Waals surface area contributed by atoms with E-state index >= 15 is 0 Å². The van der Waals surface area contributed by atoms with Crippen molar-refractivity contribution in [3.63, 3.8) is 0 Å². The third-order valence-corrected chi connectivity index (χ3v) is 10.7. The predicted molar refractivity (Wildman–Crippen MR) is 200 cm³/mol. The summed E-state index contributed by atoms with van der Waals surface area (Å²) in [5.41, 5.74) is 9.37. The highest BCUT2D eigenvalue weighted by atomic mass is 16.5. The molecule has 12 nitrogen and oxygen atoms in total. The van der Waals surface area contributed by atoms with Gasteiger partial charge in [0.25, 0.3) is 0 Å². The minimum atomic E-state index is -1.18. The summed E-state index contributed by atoms with van der Waals surface area (Å²) in [5, 5.41) is 9.61. The number of aromatic nitrogens is 4. The van der Waals surface area contributed by atoms with Crippen LogP contribution in [0, 0.1) is 13.8 Å². The number of hydrogen-bond acceptors (Lipinski definition) is 9. The molecule has 53 heavy (non-hydrogen) atoms. The maximum atomic E-state index is 13.7. The number of H-pyrrole nitrogens is 2. The maximum absolute atomic E-state index is 13.7. The van der Waals surface area contributed by atoms with E-state index in [0.29, 0.717) is 45.7 Å². The van der Waals surface area contributed by atoms with Gasteiger partial charge in [-0.3, -0.25) is 14.6 Å². The molecule has 3 aliphatic rings. The smallest absolute Gasteiger partial charge is 0.338 e. The van der Waals surface area contributed by atoms with Crippen molar-refractivity contribution in [1.29, 1.82) is 0 Å². The topological polar surface area (TPSA) is 174 Å². The van der Waals surface area contributed by atoms with Crippen LogP contribution >= 0.6 is 0 Å². The molecule has 8 bridgehead atoms. The Labute approximate surface area is 306 Å². The zero-order chi connectivity index (χ0) is 38.4. The van der Waals surface area contributed by atoms with Crippen LogP contribution in [-0.2, 0) is 51.6 Å². The fourth-order valence-electron chi connectivity index (χ4n) is 7.69. The summed E-state index contributed by atoms with van der Waals surface area (Å²) < 4.78 is 15.3. The fourth-order valence-corrected chi connectivity index (χ4v) is 7.69. The molecule has 1 aliphatic carbocycles. The first-order valence-corrected chi connectivity index (χ1v) is 17.2. The van der Waals surface area contributed by atoms with Crippen LogP contribution in [0.3, 0.4) is 0 Å². The van der Waals surface area contributed by atoms with Gasteiger partial charge in [0.05, 0.1) is 60.7 Å². The van der Waals surface area contributed by atoms with Crippen LogP contribution in [0.1, 0.15) is 77.6 Å². The number of methoxy groups -OCH3 is 3. The molecule has 274 valence electrons. The Bertz CT molecular complexity index is 2370. The first-order valence-electron chi connectivity index (χ1n) is 17.2. The van der Waals surface area contributed by atoms with Crippen molar-refractivity contribution in [2.45, 2.75) is 64.7 Å². The molecule has 0 aromatic carbocycles. The molecule has 0 spiro atoms. The molecule has 0 fully saturated rings. The predicted octanol–water partition coefficient (Wildman–Crippen LogP) is 6.43. The highest BCUT2D eigenvalue weighted by Crippen LogP contribution is 2.52. The third kappa shape index (κ3) is 6.28. The van der Waals surface area contributed by atoms with Gasteiger partial charge >= 0.3 is 23.9 Å². The molecule has 3 aromatic rings. The highest BCUT2D eigenvalue weighted by Gasteiger charge is 2.51. The molecular weight excluding hydrogens is 676 g/mol. The van der Waals surface area contributed by atoms with Gasteiger partial charge in [-0.15, -0.1) is 0 Å². The molecule has 3 N–H and O–H groups in total. The van der Waals surface area contributed by atoms with Crippen molar-refractivity contribution in [2.24, 2.45) is 0 Å². The minimum Gasteiger partial charge on any atom is -0.481 e. The number of esters is 3. The van der Waals surface area contributed by atoms with Crippen molar-refractivity contribution in [3.05, 3.63) is 105 Å². The van der Waals surface area contributed by atoms with Gasteiger partial charge in [-0.2, -0.15) is 0 Å². The minimum absolute atomic E-state index is 0.0715. The standard InChI is InChI=1S/C41H42N4O8/c1-9-23-20(2)29-17-34-27-13-10-26(39(49)52-7)38(40(50)53-8)41(27,5)35(45-34)19-30-22(4)25(12-15-37(48)51-6)33(44-30)18-32-24(11-14-36(46)47)21(3)28(43-32)16-31(23)42-29/h9-10,13,16-19,27,43-44H,1,11-12,14-15H2,2-8H3,(H,46,47)/t27?,41-/m1/s1. The van der Waals surface area contributed by atoms with E-state index in [9.17, 15) is 24.3 Å². The Kier molecular flexibility index (Phi) is 9.83. The number of carbonyl (C=O) groups is 4. The number of ether oxygens (including phenoxy) is 3. The molecule has 0 saturated carbocycles. The lowest BCUT2D eigenvalue weighted by Gasteiger charge is -2.35. The molecule has 12 heteroatoms. The quantitative estimate of drug-likeness (QED) is 0.165. The monoisotopic (exact) mass is 718 g/mol. The molecule has 2 aliphatic heterocycles. The Hall–Kier alpha value is -6.04. The van der Waals surface area contributed by atoms with Gasteiger partial charge < -0.3 is 29.3 Å². The molecule has 6 rings (SSSR count). The summed E-state index contributed by atoms with van der Waals surface area (Å²) in [4.78, 5) is 68.1. The number of carboxylic acid groups (broad SMARTS) is 1. The maximum Gasteiger partial charge on any atom is 0.338 e. The van der Waals surface area contributed by atoms with Gasteiger partial charge in [0.15, 0.2) is 0 Å². The van der Waals surface area contributed by atoms with Gasteiger partial charge in [-0.1, -0.05) is 24.8 Å². The van der Waals surface area contributed by atoms with E-state index in [0.717, 1.165) is 38.9 Å². The number of hydrogen-bond donors (Lipinski definition) is 3. The number of aromatic amines is 2. The van der Waals surface area contributed by atoms with Crippen molar-refractivity contribution in [3.8, 4) is 0 Å². The number of carboxylic acids is 1. The summed E-state index contributed by atoms with van der Waals surface area (Å²) in [7, 11) is 3.87. The summed E-state index contributed by atoms with van der Waals surface area (Å²) >= 11 is 0. The van der Waals surface area contributed by atoms with Crippen LogP contribution in [0.5, 0.6) is 0 Å². The van der Waals surface area contributed by atoms with Crippen LogP contribution in [0.4, 0.5) is 0 Å². The van der Waals surface area contributed by atoms with Gasteiger partial charge in [0.1, 0.15) is 0 Å². The van der Waals surface area contributed by atoms with Crippen LogP contribution in [0.2, 0.25) is 0 Å². The summed E-state index contributed by atoms with van der Waals surface area (Å²) in [6.07, 6.45) is 5.87. The molecule has 0 radical (unpaired) electrons. The zero-order valence-electron chi connectivity index (χ0n) is 30.9. The number of aliphatic carboxylic acids is 1. The molecule has 5 heterocycles. The number of nitrogens with zero attached hydrogens (tertiary/aromatic N) is 2. The zero-order valence-corrected chi connectivity index (χ0v) is 30.9. The van der Waals surface area contributed by atoms with Gasteiger partial charge in [0.2, 0.25) is 0 Å². The van der Waals surface area contributed by atoms with Gasteiger partial charge in [-0.05, 0) is 92.6 Å². The molecule has 2 atom stereocenters. The third-order valence-electron chi connectivity index (χ3n) is 10.7. The molecule has 0 saturated heterocycles.